The van der Waals surface area contributed by atoms with Gasteiger partial charge in [0.05, 0.1) is 17.3 Å². The predicted octanol–water partition coefficient (Wildman–Crippen LogP) is 3.13. The van der Waals surface area contributed by atoms with E-state index in [9.17, 15) is 0 Å². The van der Waals surface area contributed by atoms with Crippen molar-refractivity contribution in [3.05, 3.63) is 28.6 Å². The summed E-state index contributed by atoms with van der Waals surface area (Å²) in [5.74, 6) is 0.711. The van der Waals surface area contributed by atoms with E-state index in [1.54, 1.807) is 22.2 Å². The molecule has 3 heterocycles. The highest BCUT2D eigenvalue weighted by atomic mass is 35.5. The molecule has 0 bridgehead atoms. The molecule has 1 N–H and O–H groups in total. The fraction of sp³-hybridized carbons (Fsp3) is 0.182. The first kappa shape index (κ1) is 11.4. The fourth-order valence-electron chi connectivity index (χ4n) is 1.73. The molecule has 0 spiro atoms. The molecule has 7 heteroatoms. The summed E-state index contributed by atoms with van der Waals surface area (Å²) in [6.07, 6.45) is 3.61. The average molecular weight is 280 g/mol. The van der Waals surface area contributed by atoms with Gasteiger partial charge in [0.15, 0.2) is 0 Å². The normalized spacial score (nSPS) is 11.1. The number of hydrogen-bond donors (Lipinski definition) is 1. The highest BCUT2D eigenvalue weighted by Crippen LogP contribution is 2.30. The number of nitrogens with one attached hydrogen (secondary N) is 1. The van der Waals surface area contributed by atoms with E-state index >= 15 is 0 Å². The van der Waals surface area contributed by atoms with Crippen molar-refractivity contribution in [1.29, 1.82) is 0 Å². The highest BCUT2D eigenvalue weighted by molar-refractivity contribution is 7.18. The van der Waals surface area contributed by atoms with Gasteiger partial charge in [-0.1, -0.05) is 0 Å². The van der Waals surface area contributed by atoms with Crippen molar-refractivity contribution in [2.24, 2.45) is 7.05 Å². The van der Waals surface area contributed by atoms with Gasteiger partial charge in [-0.25, -0.2) is 4.98 Å². The molecule has 0 aromatic carbocycles. The predicted molar refractivity (Wildman–Crippen MR) is 73.7 cm³/mol. The topological polar surface area (TPSA) is 55.6 Å². The Morgan fingerprint density at radius 3 is 2.94 bits per heavy atom. The van der Waals surface area contributed by atoms with Crippen molar-refractivity contribution in [1.82, 2.24) is 19.7 Å². The summed E-state index contributed by atoms with van der Waals surface area (Å²) in [5.41, 5.74) is 0.873. The number of fused-ring (bicyclic) bond motifs is 1. The summed E-state index contributed by atoms with van der Waals surface area (Å²) in [6.45, 7) is 2.04. The van der Waals surface area contributed by atoms with Crippen molar-refractivity contribution in [3.8, 4) is 0 Å². The molecule has 5 nitrogen and oxygen atoms in total. The van der Waals surface area contributed by atoms with Gasteiger partial charge in [-0.2, -0.15) is 10.1 Å². The van der Waals surface area contributed by atoms with Gasteiger partial charge in [-0.3, -0.25) is 4.68 Å². The number of aromatic nitrogens is 4. The summed E-state index contributed by atoms with van der Waals surface area (Å²) >= 11 is 7.53. The molecule has 0 amide bonds. The minimum atomic E-state index is 0.246. The number of aryl methyl sites for hydroxylation is 2. The molecule has 0 aliphatic rings. The first-order valence-corrected chi connectivity index (χ1v) is 6.50. The maximum atomic E-state index is 5.93. The smallest absolute Gasteiger partial charge is 0.225 e. The molecule has 0 aliphatic carbocycles. The fourth-order valence-corrected chi connectivity index (χ4v) is 2.83. The van der Waals surface area contributed by atoms with E-state index in [0.29, 0.717) is 5.82 Å². The first-order valence-electron chi connectivity index (χ1n) is 5.31. The molecule has 0 saturated heterocycles. The van der Waals surface area contributed by atoms with Crippen LogP contribution in [0.1, 0.15) is 4.88 Å². The van der Waals surface area contributed by atoms with E-state index in [1.807, 2.05) is 20.2 Å². The zero-order valence-electron chi connectivity index (χ0n) is 9.81. The van der Waals surface area contributed by atoms with Crippen LogP contribution >= 0.6 is 22.9 Å². The van der Waals surface area contributed by atoms with Gasteiger partial charge in [0.2, 0.25) is 5.28 Å². The van der Waals surface area contributed by atoms with E-state index in [-0.39, 0.29) is 5.28 Å². The van der Waals surface area contributed by atoms with E-state index in [4.69, 9.17) is 11.6 Å². The van der Waals surface area contributed by atoms with Crippen molar-refractivity contribution < 1.29 is 0 Å². The lowest BCUT2D eigenvalue weighted by Crippen LogP contribution is -1.95. The summed E-state index contributed by atoms with van der Waals surface area (Å²) in [6, 6.07) is 2.05. The third-order valence-electron chi connectivity index (χ3n) is 2.46. The van der Waals surface area contributed by atoms with Gasteiger partial charge >= 0.3 is 0 Å². The van der Waals surface area contributed by atoms with Gasteiger partial charge in [0.1, 0.15) is 10.6 Å². The maximum absolute atomic E-state index is 5.93. The molecule has 0 aliphatic heterocycles. The van der Waals surface area contributed by atoms with Crippen LogP contribution in [0.5, 0.6) is 0 Å². The Hall–Kier alpha value is -1.66. The van der Waals surface area contributed by atoms with Gasteiger partial charge in [0, 0.05) is 18.1 Å². The van der Waals surface area contributed by atoms with Crippen LogP contribution in [0.15, 0.2) is 18.5 Å². The van der Waals surface area contributed by atoms with Crippen LogP contribution in [-0.2, 0) is 7.05 Å². The van der Waals surface area contributed by atoms with Crippen LogP contribution in [0.4, 0.5) is 11.5 Å². The lowest BCUT2D eigenvalue weighted by molar-refractivity contribution is 0.768. The van der Waals surface area contributed by atoms with E-state index in [1.165, 1.54) is 4.88 Å². The van der Waals surface area contributed by atoms with E-state index < -0.39 is 0 Å². The van der Waals surface area contributed by atoms with Crippen LogP contribution in [0.25, 0.3) is 10.2 Å². The number of hydrogen-bond acceptors (Lipinski definition) is 5. The lowest BCUT2D eigenvalue weighted by atomic mass is 10.3. The third kappa shape index (κ3) is 2.04. The summed E-state index contributed by atoms with van der Waals surface area (Å²) < 4.78 is 1.72. The van der Waals surface area contributed by atoms with Crippen LogP contribution in [0.3, 0.4) is 0 Å². The third-order valence-corrected chi connectivity index (χ3v) is 3.57. The quantitative estimate of drug-likeness (QED) is 0.732. The van der Waals surface area contributed by atoms with Crippen LogP contribution in [-0.4, -0.2) is 19.7 Å². The summed E-state index contributed by atoms with van der Waals surface area (Å²) in [4.78, 5) is 10.5. The second-order valence-electron chi connectivity index (χ2n) is 3.94. The lowest BCUT2D eigenvalue weighted by Gasteiger charge is -2.03. The van der Waals surface area contributed by atoms with Gasteiger partial charge in [-0.15, -0.1) is 11.3 Å². The van der Waals surface area contributed by atoms with Crippen molar-refractivity contribution in [2.75, 3.05) is 5.32 Å². The minimum absolute atomic E-state index is 0.246. The molecule has 3 rings (SSSR count). The zero-order chi connectivity index (χ0) is 12.7. The number of thiophene rings is 1. The van der Waals surface area contributed by atoms with Crippen LogP contribution in [0.2, 0.25) is 5.28 Å². The van der Waals surface area contributed by atoms with E-state index in [2.05, 4.69) is 26.4 Å². The first-order chi connectivity index (χ1) is 8.61. The molecule has 18 heavy (non-hydrogen) atoms. The van der Waals surface area contributed by atoms with E-state index in [0.717, 1.165) is 15.9 Å². The van der Waals surface area contributed by atoms with Crippen molar-refractivity contribution in [3.63, 3.8) is 0 Å². The van der Waals surface area contributed by atoms with Gasteiger partial charge in [-0.05, 0) is 24.6 Å². The van der Waals surface area contributed by atoms with Crippen LogP contribution < -0.4 is 5.32 Å². The van der Waals surface area contributed by atoms with Gasteiger partial charge < -0.3 is 5.32 Å². The zero-order valence-corrected chi connectivity index (χ0v) is 11.4. The Bertz CT molecular complexity index is 717. The molecule has 0 unspecified atom stereocenters. The maximum Gasteiger partial charge on any atom is 0.225 e. The number of nitrogens with zero attached hydrogens (tertiary/aromatic N) is 4. The van der Waals surface area contributed by atoms with Gasteiger partial charge in [0.25, 0.3) is 0 Å². The largest absolute Gasteiger partial charge is 0.337 e. The van der Waals surface area contributed by atoms with Crippen molar-refractivity contribution in [2.45, 2.75) is 6.92 Å². The standard InChI is InChI=1S/C11H10ClN5S/c1-6-3-8-9(14-7-4-13-17(2)5-7)15-11(12)16-10(8)18-6/h3-5H,1-2H3,(H,14,15,16). The SMILES string of the molecule is Cc1cc2c(Nc3cnn(C)c3)nc(Cl)nc2s1. The molecule has 0 atom stereocenters. The molecular formula is C11H10ClN5S. The molecule has 0 saturated carbocycles. The molecule has 3 aromatic rings. The molecule has 3 aromatic heterocycles. The Morgan fingerprint density at radius 1 is 1.39 bits per heavy atom. The number of halogens is 1. The minimum Gasteiger partial charge on any atom is -0.337 e. The highest BCUT2D eigenvalue weighted by Gasteiger charge is 2.10. The van der Waals surface area contributed by atoms with Crippen LogP contribution in [0, 0.1) is 6.92 Å². The van der Waals surface area contributed by atoms with Crippen molar-refractivity contribution >= 4 is 44.7 Å². The Balaban J connectivity index is 2.10. The molecule has 0 radical (unpaired) electrons. The average Bonchev–Trinajstić information content (AvgIpc) is 2.84. The Kier molecular flexibility index (Phi) is 2.68. The monoisotopic (exact) mass is 279 g/mol. The summed E-state index contributed by atoms with van der Waals surface area (Å²) in [7, 11) is 1.86. The Morgan fingerprint density at radius 2 is 2.22 bits per heavy atom. The second-order valence-corrected chi connectivity index (χ2v) is 5.52. The molecule has 0 fully saturated rings. The Labute approximate surface area is 112 Å². The number of rotatable bonds is 2. The summed E-state index contributed by atoms with van der Waals surface area (Å²) in [5, 5.41) is 8.53. The molecular weight excluding hydrogens is 270 g/mol. The second kappa shape index (κ2) is 4.22. The molecule has 92 valence electrons. The number of anilines is 2.